The quantitative estimate of drug-likeness (QED) is 0.272. The number of para-hydroxylation sites is 3. The Labute approximate surface area is 213 Å². The molecule has 1 amide bonds. The summed E-state index contributed by atoms with van der Waals surface area (Å²) in [6, 6.07) is 21.5. The number of carbonyl (C=O) groups is 1. The molecule has 4 rings (SSSR count). The van der Waals surface area contributed by atoms with Gasteiger partial charge in [0.05, 0.1) is 29.7 Å². The van der Waals surface area contributed by atoms with E-state index in [9.17, 15) is 9.59 Å². The van der Waals surface area contributed by atoms with Crippen molar-refractivity contribution in [3.05, 3.63) is 99.0 Å². The second kappa shape index (κ2) is 10.9. The van der Waals surface area contributed by atoms with Gasteiger partial charge in [0.1, 0.15) is 11.6 Å². The summed E-state index contributed by atoms with van der Waals surface area (Å²) in [5, 5.41) is 0.507. The molecule has 35 heavy (non-hydrogen) atoms. The first-order chi connectivity index (χ1) is 17.0. The third-order valence-corrected chi connectivity index (χ3v) is 6.55. The average molecular weight is 534 g/mol. The summed E-state index contributed by atoms with van der Waals surface area (Å²) in [5.74, 6) is 0.928. The summed E-state index contributed by atoms with van der Waals surface area (Å²) in [5.41, 5.74) is 1.56. The molecule has 0 aliphatic heterocycles. The van der Waals surface area contributed by atoms with Crippen LogP contribution < -0.4 is 10.3 Å². The van der Waals surface area contributed by atoms with E-state index in [-0.39, 0.29) is 11.5 Å². The van der Waals surface area contributed by atoms with Crippen molar-refractivity contribution in [2.24, 2.45) is 0 Å². The predicted molar refractivity (Wildman–Crippen MR) is 142 cm³/mol. The van der Waals surface area contributed by atoms with Crippen LogP contribution in [0.3, 0.4) is 0 Å². The van der Waals surface area contributed by atoms with Crippen LogP contribution in [0, 0.1) is 0 Å². The smallest absolute Gasteiger partial charge is 0.266 e. The van der Waals surface area contributed by atoms with Crippen LogP contribution in [0.15, 0.2) is 82.1 Å². The number of unbranched alkanes of at least 4 members (excludes halogenated alkanes) is 1. The lowest BCUT2D eigenvalue weighted by Gasteiger charge is -2.31. The first-order valence-electron chi connectivity index (χ1n) is 11.7. The fraction of sp³-hybridized carbons (Fsp3) is 0.250. The zero-order chi connectivity index (χ0) is 24.9. The molecule has 1 atom stereocenters. The predicted octanol–water partition coefficient (Wildman–Crippen LogP) is 6.16. The summed E-state index contributed by atoms with van der Waals surface area (Å²) in [6.45, 7) is 4.55. The standard InChI is InChI=1S/C28H28BrN3O3/c1-4-5-17-31(27(33)20-11-10-12-21(29)18-20)19(2)26-30-23-14-7-6-13-22(23)28(34)32(26)24-15-8-9-16-25(24)35-3/h6-16,18-19H,4-5,17H2,1-3H3. The molecule has 1 unspecified atom stereocenters. The van der Waals surface area contributed by atoms with Crippen molar-refractivity contribution in [1.82, 2.24) is 14.5 Å². The molecule has 0 N–H and O–H groups in total. The number of nitrogens with zero attached hydrogens (tertiary/aromatic N) is 3. The van der Waals surface area contributed by atoms with Gasteiger partial charge in [0.25, 0.3) is 11.5 Å². The molecular weight excluding hydrogens is 506 g/mol. The zero-order valence-electron chi connectivity index (χ0n) is 20.1. The first-order valence-corrected chi connectivity index (χ1v) is 12.5. The molecular formula is C28H28BrN3O3. The molecule has 1 heterocycles. The van der Waals surface area contributed by atoms with E-state index in [2.05, 4.69) is 22.9 Å². The lowest BCUT2D eigenvalue weighted by Crippen LogP contribution is -2.38. The Morgan fingerprint density at radius 3 is 2.57 bits per heavy atom. The zero-order valence-corrected chi connectivity index (χ0v) is 21.7. The maximum Gasteiger partial charge on any atom is 0.266 e. The molecule has 1 aromatic heterocycles. The molecule has 0 spiro atoms. The third-order valence-electron chi connectivity index (χ3n) is 6.05. The Morgan fingerprint density at radius 1 is 1.09 bits per heavy atom. The van der Waals surface area contributed by atoms with Gasteiger partial charge in [0.15, 0.2) is 0 Å². The van der Waals surface area contributed by atoms with Crippen LogP contribution in [0.2, 0.25) is 0 Å². The van der Waals surface area contributed by atoms with E-state index < -0.39 is 6.04 Å². The maximum absolute atomic E-state index is 13.8. The Morgan fingerprint density at radius 2 is 1.83 bits per heavy atom. The number of methoxy groups -OCH3 is 1. The number of ether oxygens (including phenoxy) is 1. The van der Waals surface area contributed by atoms with E-state index in [1.54, 1.807) is 28.7 Å². The minimum Gasteiger partial charge on any atom is -0.495 e. The second-order valence-electron chi connectivity index (χ2n) is 8.34. The molecule has 0 fully saturated rings. The number of amides is 1. The van der Waals surface area contributed by atoms with Crippen molar-refractivity contribution in [2.45, 2.75) is 32.7 Å². The van der Waals surface area contributed by atoms with Crippen LogP contribution in [0.1, 0.15) is 48.9 Å². The van der Waals surface area contributed by atoms with Gasteiger partial charge in [-0.05, 0) is 55.8 Å². The van der Waals surface area contributed by atoms with E-state index in [0.717, 1.165) is 17.3 Å². The topological polar surface area (TPSA) is 64.4 Å². The fourth-order valence-electron chi connectivity index (χ4n) is 4.20. The molecule has 0 saturated heterocycles. The summed E-state index contributed by atoms with van der Waals surface area (Å²) in [4.78, 5) is 34.2. The van der Waals surface area contributed by atoms with Crippen LogP contribution in [0.4, 0.5) is 0 Å². The number of benzene rings is 3. The molecule has 0 aliphatic carbocycles. The highest BCUT2D eigenvalue weighted by Crippen LogP contribution is 2.29. The molecule has 0 saturated carbocycles. The van der Waals surface area contributed by atoms with Crippen LogP contribution in [-0.2, 0) is 0 Å². The highest BCUT2D eigenvalue weighted by atomic mass is 79.9. The lowest BCUT2D eigenvalue weighted by molar-refractivity contribution is 0.0678. The van der Waals surface area contributed by atoms with Crippen molar-refractivity contribution in [3.63, 3.8) is 0 Å². The molecule has 0 radical (unpaired) electrons. The van der Waals surface area contributed by atoms with Crippen molar-refractivity contribution in [2.75, 3.05) is 13.7 Å². The summed E-state index contributed by atoms with van der Waals surface area (Å²) in [7, 11) is 1.58. The van der Waals surface area contributed by atoms with Crippen molar-refractivity contribution < 1.29 is 9.53 Å². The van der Waals surface area contributed by atoms with Crippen LogP contribution in [-0.4, -0.2) is 34.0 Å². The number of rotatable bonds is 8. The fourth-order valence-corrected chi connectivity index (χ4v) is 4.60. The Hall–Kier alpha value is -3.45. The SMILES string of the molecule is CCCCN(C(=O)c1cccc(Br)c1)C(C)c1nc2ccccc2c(=O)n1-c1ccccc1OC. The first kappa shape index (κ1) is 24.7. The summed E-state index contributed by atoms with van der Waals surface area (Å²) < 4.78 is 8.00. The average Bonchev–Trinajstić information content (AvgIpc) is 2.88. The van der Waals surface area contributed by atoms with Crippen molar-refractivity contribution in [3.8, 4) is 11.4 Å². The Kier molecular flexibility index (Phi) is 7.66. The minimum atomic E-state index is -0.477. The number of carbonyl (C=O) groups excluding carboxylic acids is 1. The summed E-state index contributed by atoms with van der Waals surface area (Å²) in [6.07, 6.45) is 1.76. The molecule has 6 nitrogen and oxygen atoms in total. The van der Waals surface area contributed by atoms with Crippen LogP contribution in [0.25, 0.3) is 16.6 Å². The number of aromatic nitrogens is 2. The maximum atomic E-state index is 13.8. The number of hydrogen-bond acceptors (Lipinski definition) is 4. The normalized spacial score (nSPS) is 11.9. The van der Waals surface area contributed by atoms with Crippen molar-refractivity contribution >= 4 is 32.7 Å². The third kappa shape index (κ3) is 5.00. The molecule has 4 aromatic rings. The second-order valence-corrected chi connectivity index (χ2v) is 9.25. The molecule has 3 aromatic carbocycles. The van der Waals surface area contributed by atoms with Crippen LogP contribution in [0.5, 0.6) is 5.75 Å². The largest absolute Gasteiger partial charge is 0.495 e. The van der Waals surface area contributed by atoms with Gasteiger partial charge in [-0.25, -0.2) is 4.98 Å². The van der Waals surface area contributed by atoms with Gasteiger partial charge in [0.2, 0.25) is 0 Å². The van der Waals surface area contributed by atoms with Gasteiger partial charge in [-0.3, -0.25) is 14.2 Å². The molecule has 0 bridgehead atoms. The summed E-state index contributed by atoms with van der Waals surface area (Å²) >= 11 is 3.47. The molecule has 0 aliphatic rings. The minimum absolute atomic E-state index is 0.110. The van der Waals surface area contributed by atoms with E-state index in [4.69, 9.17) is 9.72 Å². The highest BCUT2D eigenvalue weighted by Gasteiger charge is 2.28. The van der Waals surface area contributed by atoms with Crippen LogP contribution >= 0.6 is 15.9 Å². The molecule has 180 valence electrons. The van der Waals surface area contributed by atoms with Gasteiger partial charge >= 0.3 is 0 Å². The lowest BCUT2D eigenvalue weighted by atomic mass is 10.1. The Bertz CT molecular complexity index is 1420. The van der Waals surface area contributed by atoms with E-state index in [0.29, 0.717) is 40.3 Å². The van der Waals surface area contributed by atoms with Gasteiger partial charge in [-0.2, -0.15) is 0 Å². The van der Waals surface area contributed by atoms with Gasteiger partial charge in [-0.1, -0.05) is 59.6 Å². The van der Waals surface area contributed by atoms with E-state index >= 15 is 0 Å². The van der Waals surface area contributed by atoms with Gasteiger partial charge < -0.3 is 9.64 Å². The van der Waals surface area contributed by atoms with Gasteiger partial charge in [0, 0.05) is 16.6 Å². The van der Waals surface area contributed by atoms with Crippen molar-refractivity contribution in [1.29, 1.82) is 0 Å². The Balaban J connectivity index is 1.93. The van der Waals surface area contributed by atoms with E-state index in [1.165, 1.54) is 0 Å². The monoisotopic (exact) mass is 533 g/mol. The molecule has 7 heteroatoms. The number of fused-ring (bicyclic) bond motifs is 1. The van der Waals surface area contributed by atoms with Gasteiger partial charge in [-0.15, -0.1) is 0 Å². The number of hydrogen-bond donors (Lipinski definition) is 0. The van der Waals surface area contributed by atoms with E-state index in [1.807, 2.05) is 67.6 Å². The highest BCUT2D eigenvalue weighted by molar-refractivity contribution is 9.10. The number of halogens is 1.